The van der Waals surface area contributed by atoms with E-state index in [1.54, 1.807) is 19.0 Å². The fraction of sp³-hybridized carbons (Fsp3) is 0.588. The first-order valence-corrected chi connectivity index (χ1v) is 7.82. The molecule has 116 valence electrons. The first-order valence-electron chi connectivity index (χ1n) is 7.82. The molecule has 4 heteroatoms. The van der Waals surface area contributed by atoms with Gasteiger partial charge in [-0.3, -0.25) is 4.79 Å². The van der Waals surface area contributed by atoms with Crippen molar-refractivity contribution in [2.45, 2.75) is 38.6 Å². The minimum Gasteiger partial charge on any atom is -0.382 e. The highest BCUT2D eigenvalue weighted by atomic mass is 16.2. The summed E-state index contributed by atoms with van der Waals surface area (Å²) < 4.78 is 0. The van der Waals surface area contributed by atoms with E-state index in [1.165, 1.54) is 24.8 Å². The van der Waals surface area contributed by atoms with Crippen molar-refractivity contribution in [1.29, 1.82) is 0 Å². The Kier molecular flexibility index (Phi) is 5.23. The molecule has 0 radical (unpaired) electrons. The first-order chi connectivity index (χ1) is 10.0. The van der Waals surface area contributed by atoms with Gasteiger partial charge in [-0.05, 0) is 49.9 Å². The predicted molar refractivity (Wildman–Crippen MR) is 87.6 cm³/mol. The zero-order chi connectivity index (χ0) is 15.4. The maximum absolute atomic E-state index is 12.1. The van der Waals surface area contributed by atoms with E-state index in [4.69, 9.17) is 5.73 Å². The zero-order valence-electron chi connectivity index (χ0n) is 13.4. The Bertz CT molecular complexity index is 499. The molecule has 2 unspecified atom stereocenters. The molecular weight excluding hydrogens is 262 g/mol. The van der Waals surface area contributed by atoms with Crippen LogP contribution in [0.25, 0.3) is 0 Å². The van der Waals surface area contributed by atoms with Crippen LogP contribution < -0.4 is 11.1 Å². The minimum absolute atomic E-state index is 0.0390. The van der Waals surface area contributed by atoms with Crippen LogP contribution in [0.4, 0.5) is 5.69 Å². The highest BCUT2D eigenvalue weighted by Gasteiger charge is 2.24. The molecule has 1 amide bonds. The van der Waals surface area contributed by atoms with Gasteiger partial charge in [0, 0.05) is 31.4 Å². The van der Waals surface area contributed by atoms with Crippen molar-refractivity contribution < 1.29 is 4.79 Å². The molecule has 4 nitrogen and oxygen atoms in total. The summed E-state index contributed by atoms with van der Waals surface area (Å²) in [7, 11) is 3.56. The number of anilines is 1. The van der Waals surface area contributed by atoms with Crippen LogP contribution in [-0.2, 0) is 0 Å². The van der Waals surface area contributed by atoms with Gasteiger partial charge in [-0.1, -0.05) is 18.9 Å². The van der Waals surface area contributed by atoms with E-state index in [-0.39, 0.29) is 5.91 Å². The van der Waals surface area contributed by atoms with Crippen LogP contribution in [0.3, 0.4) is 0 Å². The average molecular weight is 289 g/mol. The van der Waals surface area contributed by atoms with E-state index in [0.29, 0.717) is 12.0 Å². The molecule has 1 aliphatic carbocycles. The van der Waals surface area contributed by atoms with Gasteiger partial charge < -0.3 is 16.0 Å². The number of amides is 1. The molecule has 0 bridgehead atoms. The number of hydrogen-bond acceptors (Lipinski definition) is 3. The Morgan fingerprint density at radius 2 is 2.05 bits per heavy atom. The van der Waals surface area contributed by atoms with Gasteiger partial charge in [0.05, 0.1) is 0 Å². The summed E-state index contributed by atoms with van der Waals surface area (Å²) in [5.74, 6) is 0.573. The number of aryl methyl sites for hydroxylation is 1. The third kappa shape index (κ3) is 3.76. The molecule has 1 aromatic carbocycles. The highest BCUT2D eigenvalue weighted by Crippen LogP contribution is 2.28. The number of carbonyl (C=O) groups excluding carboxylic acids is 1. The number of nitrogens with two attached hydrogens (primary N) is 1. The van der Waals surface area contributed by atoms with E-state index in [1.807, 2.05) is 18.2 Å². The monoisotopic (exact) mass is 289 g/mol. The van der Waals surface area contributed by atoms with Gasteiger partial charge in [0.1, 0.15) is 0 Å². The SMILES string of the molecule is Cc1ccc(C(=O)N(C)C)cc1NC1CCCCC1CN. The quantitative estimate of drug-likeness (QED) is 0.896. The molecule has 0 heterocycles. The van der Waals surface area contributed by atoms with Crippen LogP contribution in [0.15, 0.2) is 18.2 Å². The second-order valence-electron chi connectivity index (χ2n) is 6.26. The zero-order valence-corrected chi connectivity index (χ0v) is 13.4. The average Bonchev–Trinajstić information content (AvgIpc) is 2.49. The maximum Gasteiger partial charge on any atom is 0.253 e. The number of carbonyl (C=O) groups is 1. The van der Waals surface area contributed by atoms with E-state index in [2.05, 4.69) is 12.2 Å². The molecule has 1 fully saturated rings. The maximum atomic E-state index is 12.1. The van der Waals surface area contributed by atoms with Crippen molar-refractivity contribution in [1.82, 2.24) is 4.90 Å². The van der Waals surface area contributed by atoms with Crippen molar-refractivity contribution in [3.63, 3.8) is 0 Å². The summed E-state index contributed by atoms with van der Waals surface area (Å²) in [6.07, 6.45) is 4.89. The van der Waals surface area contributed by atoms with Crippen molar-refractivity contribution in [3.05, 3.63) is 29.3 Å². The number of rotatable bonds is 4. The molecule has 3 N–H and O–H groups in total. The summed E-state index contributed by atoms with van der Waals surface area (Å²) >= 11 is 0. The molecule has 21 heavy (non-hydrogen) atoms. The van der Waals surface area contributed by atoms with Gasteiger partial charge in [0.25, 0.3) is 5.91 Å². The van der Waals surface area contributed by atoms with E-state index in [9.17, 15) is 4.79 Å². The van der Waals surface area contributed by atoms with Crippen molar-refractivity contribution in [2.75, 3.05) is 26.0 Å². The van der Waals surface area contributed by atoms with E-state index < -0.39 is 0 Å². The molecule has 0 aliphatic heterocycles. The lowest BCUT2D eigenvalue weighted by molar-refractivity contribution is 0.0827. The molecule has 2 rings (SSSR count). The van der Waals surface area contributed by atoms with E-state index >= 15 is 0 Å². The second kappa shape index (κ2) is 6.94. The van der Waals surface area contributed by atoms with Crippen LogP contribution in [0, 0.1) is 12.8 Å². The predicted octanol–water partition coefficient (Wildman–Crippen LogP) is 2.63. The summed E-state index contributed by atoms with van der Waals surface area (Å²) in [6.45, 7) is 2.81. The summed E-state index contributed by atoms with van der Waals surface area (Å²) in [5, 5.41) is 3.63. The van der Waals surface area contributed by atoms with Crippen LogP contribution >= 0.6 is 0 Å². The molecule has 0 aromatic heterocycles. The van der Waals surface area contributed by atoms with Gasteiger partial charge in [-0.2, -0.15) is 0 Å². The fourth-order valence-corrected chi connectivity index (χ4v) is 3.05. The van der Waals surface area contributed by atoms with Gasteiger partial charge in [-0.15, -0.1) is 0 Å². The number of nitrogens with zero attached hydrogens (tertiary/aromatic N) is 1. The molecule has 0 spiro atoms. The van der Waals surface area contributed by atoms with Gasteiger partial charge in [-0.25, -0.2) is 0 Å². The summed E-state index contributed by atoms with van der Waals surface area (Å²) in [4.78, 5) is 13.7. The smallest absolute Gasteiger partial charge is 0.253 e. The molecule has 1 aliphatic rings. The van der Waals surface area contributed by atoms with Crippen LogP contribution in [-0.4, -0.2) is 37.5 Å². The standard InChI is InChI=1S/C17H27N3O/c1-12-8-9-13(17(21)20(2)3)10-16(12)19-15-7-5-4-6-14(15)11-18/h8-10,14-15,19H,4-7,11,18H2,1-3H3. The fourth-order valence-electron chi connectivity index (χ4n) is 3.05. The Labute approximate surface area is 127 Å². The third-order valence-corrected chi connectivity index (χ3v) is 4.44. The lowest BCUT2D eigenvalue weighted by atomic mass is 9.84. The summed E-state index contributed by atoms with van der Waals surface area (Å²) in [5.41, 5.74) is 8.87. The number of hydrogen-bond donors (Lipinski definition) is 2. The number of nitrogens with one attached hydrogen (secondary N) is 1. The first kappa shape index (κ1) is 15.8. The van der Waals surface area contributed by atoms with Gasteiger partial charge in [0.15, 0.2) is 0 Å². The third-order valence-electron chi connectivity index (χ3n) is 4.44. The lowest BCUT2D eigenvalue weighted by Gasteiger charge is -2.32. The molecule has 0 saturated heterocycles. The molecule has 1 aromatic rings. The largest absolute Gasteiger partial charge is 0.382 e. The lowest BCUT2D eigenvalue weighted by Crippen LogP contribution is -2.37. The Hall–Kier alpha value is -1.55. The van der Waals surface area contributed by atoms with Crippen molar-refractivity contribution in [2.24, 2.45) is 11.7 Å². The molecule has 1 saturated carbocycles. The second-order valence-corrected chi connectivity index (χ2v) is 6.26. The Morgan fingerprint density at radius 1 is 1.33 bits per heavy atom. The minimum atomic E-state index is 0.0390. The summed E-state index contributed by atoms with van der Waals surface area (Å²) in [6, 6.07) is 6.30. The highest BCUT2D eigenvalue weighted by molar-refractivity contribution is 5.95. The number of benzene rings is 1. The van der Waals surface area contributed by atoms with Crippen LogP contribution in [0.5, 0.6) is 0 Å². The molecular formula is C17H27N3O. The van der Waals surface area contributed by atoms with Crippen molar-refractivity contribution in [3.8, 4) is 0 Å². The van der Waals surface area contributed by atoms with Gasteiger partial charge in [0.2, 0.25) is 0 Å². The topological polar surface area (TPSA) is 58.4 Å². The van der Waals surface area contributed by atoms with E-state index in [0.717, 1.165) is 24.2 Å². The Morgan fingerprint density at radius 3 is 2.71 bits per heavy atom. The van der Waals surface area contributed by atoms with Crippen LogP contribution in [0.2, 0.25) is 0 Å². The normalized spacial score (nSPS) is 21.9. The van der Waals surface area contributed by atoms with Crippen LogP contribution in [0.1, 0.15) is 41.6 Å². The van der Waals surface area contributed by atoms with Gasteiger partial charge >= 0.3 is 0 Å². The van der Waals surface area contributed by atoms with Crippen molar-refractivity contribution >= 4 is 11.6 Å². The molecule has 2 atom stereocenters. The Balaban J connectivity index is 2.18.